The zero-order valence-corrected chi connectivity index (χ0v) is 14.9. The normalized spacial score (nSPS) is 15.1. The third-order valence-electron chi connectivity index (χ3n) is 5.11. The first-order valence-corrected chi connectivity index (χ1v) is 9.27. The number of hydrogen-bond donors (Lipinski definition) is 3. The van der Waals surface area contributed by atoms with Crippen molar-refractivity contribution >= 4 is 16.7 Å². The topological polar surface area (TPSA) is 92.8 Å². The van der Waals surface area contributed by atoms with E-state index < -0.39 is 0 Å². The molecular formula is C21H21N5O. The molecule has 6 heteroatoms. The van der Waals surface area contributed by atoms with Gasteiger partial charge in [-0.3, -0.25) is 0 Å². The number of rotatable bonds is 6. The van der Waals surface area contributed by atoms with Crippen molar-refractivity contribution in [1.29, 1.82) is 0 Å². The highest BCUT2D eigenvalue weighted by Gasteiger charge is 2.28. The third-order valence-corrected chi connectivity index (χ3v) is 5.11. The van der Waals surface area contributed by atoms with E-state index in [-0.39, 0.29) is 6.04 Å². The van der Waals surface area contributed by atoms with Crippen molar-refractivity contribution in [2.24, 2.45) is 5.73 Å². The van der Waals surface area contributed by atoms with Crippen molar-refractivity contribution in [3.05, 3.63) is 66.2 Å². The molecule has 1 saturated carbocycles. The SMILES string of the molecule is NCC(Nc1ccc2[nH]cnc2c1)c1ccc(-c2cc(C3CC3)on2)cc1. The Morgan fingerprint density at radius 1 is 1.15 bits per heavy atom. The molecule has 27 heavy (non-hydrogen) atoms. The minimum Gasteiger partial charge on any atom is -0.377 e. The number of aromatic amines is 1. The number of fused-ring (bicyclic) bond motifs is 1. The molecule has 2 aromatic heterocycles. The van der Waals surface area contributed by atoms with Gasteiger partial charge in [0.15, 0.2) is 0 Å². The summed E-state index contributed by atoms with van der Waals surface area (Å²) in [6.45, 7) is 0.494. The quantitative estimate of drug-likeness (QED) is 0.480. The van der Waals surface area contributed by atoms with Gasteiger partial charge in [0.1, 0.15) is 11.5 Å². The van der Waals surface area contributed by atoms with Gasteiger partial charge in [0, 0.05) is 29.8 Å². The Kier molecular flexibility index (Phi) is 3.90. The fraction of sp³-hybridized carbons (Fsp3) is 0.238. The van der Waals surface area contributed by atoms with Gasteiger partial charge in [0.25, 0.3) is 0 Å². The highest BCUT2D eigenvalue weighted by molar-refractivity contribution is 5.78. The molecular weight excluding hydrogens is 338 g/mol. The van der Waals surface area contributed by atoms with Crippen LogP contribution in [0.1, 0.15) is 36.1 Å². The van der Waals surface area contributed by atoms with E-state index in [2.05, 4.69) is 50.8 Å². The average molecular weight is 359 g/mol. The van der Waals surface area contributed by atoms with Crippen molar-refractivity contribution in [2.45, 2.75) is 24.8 Å². The third kappa shape index (κ3) is 3.19. The number of anilines is 1. The van der Waals surface area contributed by atoms with Gasteiger partial charge in [0.2, 0.25) is 0 Å². The molecule has 1 fully saturated rings. The number of nitrogens with zero attached hydrogens (tertiary/aromatic N) is 2. The molecule has 0 saturated heterocycles. The van der Waals surface area contributed by atoms with Crippen molar-refractivity contribution < 1.29 is 4.52 Å². The summed E-state index contributed by atoms with van der Waals surface area (Å²) in [6.07, 6.45) is 4.12. The van der Waals surface area contributed by atoms with Crippen LogP contribution in [0.4, 0.5) is 5.69 Å². The smallest absolute Gasteiger partial charge is 0.140 e. The second-order valence-electron chi connectivity index (χ2n) is 7.08. The van der Waals surface area contributed by atoms with E-state index in [0.29, 0.717) is 12.5 Å². The van der Waals surface area contributed by atoms with Crippen molar-refractivity contribution in [3.63, 3.8) is 0 Å². The highest BCUT2D eigenvalue weighted by atomic mass is 16.5. The van der Waals surface area contributed by atoms with E-state index in [9.17, 15) is 0 Å². The molecule has 1 unspecified atom stereocenters. The molecule has 5 rings (SSSR count). The summed E-state index contributed by atoms with van der Waals surface area (Å²) in [5.41, 5.74) is 12.1. The van der Waals surface area contributed by atoms with Crippen molar-refractivity contribution in [1.82, 2.24) is 15.1 Å². The van der Waals surface area contributed by atoms with Crippen molar-refractivity contribution in [3.8, 4) is 11.3 Å². The van der Waals surface area contributed by atoms with Crippen LogP contribution in [0.3, 0.4) is 0 Å². The summed E-state index contributed by atoms with van der Waals surface area (Å²) >= 11 is 0. The summed E-state index contributed by atoms with van der Waals surface area (Å²) in [7, 11) is 0. The van der Waals surface area contributed by atoms with Gasteiger partial charge in [-0.15, -0.1) is 0 Å². The second-order valence-corrected chi connectivity index (χ2v) is 7.08. The molecule has 1 aliphatic rings. The number of nitrogens with one attached hydrogen (secondary N) is 2. The number of H-pyrrole nitrogens is 1. The van der Waals surface area contributed by atoms with E-state index in [1.54, 1.807) is 6.33 Å². The predicted octanol–water partition coefficient (Wildman–Crippen LogP) is 4.21. The molecule has 6 nitrogen and oxygen atoms in total. The number of benzene rings is 2. The molecule has 1 aliphatic carbocycles. The Labute approximate surface area is 156 Å². The number of nitrogens with two attached hydrogens (primary N) is 1. The fourth-order valence-electron chi connectivity index (χ4n) is 3.37. The van der Waals surface area contributed by atoms with Gasteiger partial charge < -0.3 is 20.6 Å². The monoisotopic (exact) mass is 359 g/mol. The van der Waals surface area contributed by atoms with Gasteiger partial charge in [-0.05, 0) is 36.6 Å². The van der Waals surface area contributed by atoms with E-state index >= 15 is 0 Å². The van der Waals surface area contributed by atoms with E-state index in [1.165, 1.54) is 12.8 Å². The van der Waals surface area contributed by atoms with Gasteiger partial charge in [-0.25, -0.2) is 4.98 Å². The van der Waals surface area contributed by atoms with Crippen LogP contribution in [0.5, 0.6) is 0 Å². The van der Waals surface area contributed by atoms with E-state index in [4.69, 9.17) is 10.3 Å². The fourth-order valence-corrected chi connectivity index (χ4v) is 3.37. The molecule has 0 radical (unpaired) electrons. The van der Waals surface area contributed by atoms with Gasteiger partial charge >= 0.3 is 0 Å². The largest absolute Gasteiger partial charge is 0.377 e. The zero-order valence-electron chi connectivity index (χ0n) is 14.9. The molecule has 4 N–H and O–H groups in total. The van der Waals surface area contributed by atoms with Crippen LogP contribution >= 0.6 is 0 Å². The first-order chi connectivity index (χ1) is 13.3. The minimum atomic E-state index is 0.0229. The van der Waals surface area contributed by atoms with Crippen LogP contribution in [0.15, 0.2) is 59.4 Å². The Morgan fingerprint density at radius 3 is 2.78 bits per heavy atom. The Hall–Kier alpha value is -3.12. The maximum absolute atomic E-state index is 6.03. The second kappa shape index (κ2) is 6.55. The highest BCUT2D eigenvalue weighted by Crippen LogP contribution is 2.41. The standard InChI is InChI=1S/C21H21N5O/c22-11-20(25-16-7-8-17-19(9-16)24-12-23-17)14-3-1-13(2-4-14)18-10-21(27-26-18)15-5-6-15/h1-4,7-10,12,15,20,25H,5-6,11,22H2,(H,23,24). The van der Waals surface area contributed by atoms with Crippen LogP contribution in [0, 0.1) is 0 Å². The minimum absolute atomic E-state index is 0.0229. The Bertz CT molecular complexity index is 1060. The molecule has 0 spiro atoms. The lowest BCUT2D eigenvalue weighted by Gasteiger charge is -2.19. The number of hydrogen-bond acceptors (Lipinski definition) is 5. The lowest BCUT2D eigenvalue weighted by atomic mass is 10.0. The molecule has 2 aromatic carbocycles. The van der Waals surface area contributed by atoms with Crippen LogP contribution in [0.25, 0.3) is 22.3 Å². The average Bonchev–Trinajstić information content (AvgIpc) is 3.25. The Balaban J connectivity index is 1.35. The maximum atomic E-state index is 6.03. The summed E-state index contributed by atoms with van der Waals surface area (Å²) < 4.78 is 5.46. The van der Waals surface area contributed by atoms with Crippen molar-refractivity contribution in [2.75, 3.05) is 11.9 Å². The van der Waals surface area contributed by atoms with Gasteiger partial charge in [-0.2, -0.15) is 0 Å². The van der Waals surface area contributed by atoms with Crippen LogP contribution in [-0.2, 0) is 0 Å². The lowest BCUT2D eigenvalue weighted by Crippen LogP contribution is -2.20. The van der Waals surface area contributed by atoms with Gasteiger partial charge in [0.05, 0.1) is 23.4 Å². The van der Waals surface area contributed by atoms with Crippen LogP contribution < -0.4 is 11.1 Å². The molecule has 0 bridgehead atoms. The molecule has 4 aromatic rings. The Morgan fingerprint density at radius 2 is 2.00 bits per heavy atom. The molecule has 136 valence electrons. The first kappa shape index (κ1) is 16.1. The molecule has 0 aliphatic heterocycles. The molecule has 0 amide bonds. The van der Waals surface area contributed by atoms with Gasteiger partial charge in [-0.1, -0.05) is 29.4 Å². The van der Waals surface area contributed by atoms with E-state index in [0.717, 1.165) is 39.3 Å². The summed E-state index contributed by atoms with van der Waals surface area (Å²) in [5.74, 6) is 1.58. The summed E-state index contributed by atoms with van der Waals surface area (Å²) in [5, 5.41) is 7.71. The maximum Gasteiger partial charge on any atom is 0.140 e. The first-order valence-electron chi connectivity index (χ1n) is 9.27. The summed E-state index contributed by atoms with van der Waals surface area (Å²) in [4.78, 5) is 7.41. The molecule has 2 heterocycles. The zero-order chi connectivity index (χ0) is 18.2. The van der Waals surface area contributed by atoms with E-state index in [1.807, 2.05) is 18.2 Å². The summed E-state index contributed by atoms with van der Waals surface area (Å²) in [6, 6.07) is 16.5. The predicted molar refractivity (Wildman–Crippen MR) is 105 cm³/mol. The van der Waals surface area contributed by atoms with Crippen LogP contribution in [-0.4, -0.2) is 21.7 Å². The number of imidazole rings is 1. The van der Waals surface area contributed by atoms with Crippen LogP contribution in [0.2, 0.25) is 0 Å². The molecule has 1 atom stereocenters. The number of aromatic nitrogens is 3. The lowest BCUT2D eigenvalue weighted by molar-refractivity contribution is 0.386.